The Kier molecular flexibility index (Phi) is 2.65. The number of rotatable bonds is 1. The number of nitriles is 1. The summed E-state index contributed by atoms with van der Waals surface area (Å²) in [5.74, 6) is -0.0234. The first kappa shape index (κ1) is 9.27. The molecular weight excluding hydrogens is 164 g/mol. The number of amides is 1. The van der Waals surface area contributed by atoms with E-state index in [2.05, 4.69) is 0 Å². The van der Waals surface area contributed by atoms with Crippen LogP contribution in [0.25, 0.3) is 0 Å². The fourth-order valence-corrected chi connectivity index (χ4v) is 0.941. The van der Waals surface area contributed by atoms with E-state index >= 15 is 0 Å². The van der Waals surface area contributed by atoms with Gasteiger partial charge in [-0.25, -0.2) is 0 Å². The molecule has 3 heteroatoms. The molecule has 0 fully saturated rings. The van der Waals surface area contributed by atoms with Crippen LogP contribution < -0.4 is 4.90 Å². The van der Waals surface area contributed by atoms with Crippen LogP contribution in [0, 0.1) is 11.3 Å². The van der Waals surface area contributed by atoms with Crippen molar-refractivity contribution in [3.63, 3.8) is 0 Å². The summed E-state index contributed by atoms with van der Waals surface area (Å²) in [6.45, 7) is 1.50. The third-order valence-electron chi connectivity index (χ3n) is 1.86. The van der Waals surface area contributed by atoms with E-state index in [4.69, 9.17) is 5.26 Å². The fraction of sp³-hybridized carbons (Fsp3) is 0.200. The average molecular weight is 174 g/mol. The molecule has 0 spiro atoms. The summed E-state index contributed by atoms with van der Waals surface area (Å²) in [5, 5.41) is 8.55. The smallest absolute Gasteiger partial charge is 0.223 e. The van der Waals surface area contributed by atoms with Gasteiger partial charge in [0.1, 0.15) is 0 Å². The van der Waals surface area contributed by atoms with Gasteiger partial charge in [-0.3, -0.25) is 4.79 Å². The molecule has 0 saturated carbocycles. The van der Waals surface area contributed by atoms with Gasteiger partial charge in [-0.2, -0.15) is 5.26 Å². The molecule has 1 aromatic rings. The molecule has 3 nitrogen and oxygen atoms in total. The number of nitrogens with zero attached hydrogens (tertiary/aromatic N) is 2. The molecule has 0 unspecified atom stereocenters. The lowest BCUT2D eigenvalue weighted by Crippen LogP contribution is -2.22. The molecule has 1 rings (SSSR count). The second-order valence-corrected chi connectivity index (χ2v) is 2.74. The summed E-state index contributed by atoms with van der Waals surface area (Å²) < 4.78 is 0. The summed E-state index contributed by atoms with van der Waals surface area (Å²) in [6.07, 6.45) is 0. The SMILES string of the molecule is CC(=O)N(C)c1ccc(C#N)cc1. The van der Waals surface area contributed by atoms with Crippen molar-refractivity contribution in [2.75, 3.05) is 11.9 Å². The third kappa shape index (κ3) is 2.06. The zero-order valence-electron chi connectivity index (χ0n) is 7.61. The maximum Gasteiger partial charge on any atom is 0.223 e. The molecule has 0 aliphatic heterocycles. The Morgan fingerprint density at radius 1 is 1.38 bits per heavy atom. The van der Waals surface area contributed by atoms with Crippen LogP contribution in [-0.2, 0) is 4.79 Å². The quantitative estimate of drug-likeness (QED) is 0.648. The summed E-state index contributed by atoms with van der Waals surface area (Å²) in [4.78, 5) is 12.5. The zero-order valence-corrected chi connectivity index (χ0v) is 7.61. The van der Waals surface area contributed by atoms with Gasteiger partial charge in [-0.15, -0.1) is 0 Å². The Bertz CT molecular complexity index is 348. The van der Waals surface area contributed by atoms with Crippen molar-refractivity contribution in [3.8, 4) is 6.07 Å². The molecular formula is C10H10N2O. The summed E-state index contributed by atoms with van der Waals surface area (Å²) in [6, 6.07) is 8.90. The van der Waals surface area contributed by atoms with Crippen LogP contribution in [0.15, 0.2) is 24.3 Å². The van der Waals surface area contributed by atoms with Gasteiger partial charge in [0.25, 0.3) is 0 Å². The fourth-order valence-electron chi connectivity index (χ4n) is 0.941. The molecule has 1 aromatic carbocycles. The topological polar surface area (TPSA) is 44.1 Å². The lowest BCUT2D eigenvalue weighted by molar-refractivity contribution is -0.116. The minimum absolute atomic E-state index is 0.0234. The van der Waals surface area contributed by atoms with Crippen LogP contribution in [0.2, 0.25) is 0 Å². The Balaban J connectivity index is 2.93. The van der Waals surface area contributed by atoms with Crippen molar-refractivity contribution in [2.24, 2.45) is 0 Å². The molecule has 0 bridgehead atoms. The molecule has 66 valence electrons. The molecule has 0 atom stereocenters. The number of carbonyl (C=O) groups excluding carboxylic acids is 1. The molecule has 0 aliphatic rings. The Hall–Kier alpha value is -1.82. The first-order chi connectivity index (χ1) is 6.15. The third-order valence-corrected chi connectivity index (χ3v) is 1.86. The van der Waals surface area contributed by atoms with Crippen LogP contribution in [0.3, 0.4) is 0 Å². The van der Waals surface area contributed by atoms with Gasteiger partial charge in [0.15, 0.2) is 0 Å². The minimum atomic E-state index is -0.0234. The van der Waals surface area contributed by atoms with E-state index in [9.17, 15) is 4.79 Å². The molecule has 0 saturated heterocycles. The Labute approximate surface area is 77.2 Å². The summed E-state index contributed by atoms with van der Waals surface area (Å²) in [5.41, 5.74) is 1.40. The molecule has 0 aromatic heterocycles. The van der Waals surface area contributed by atoms with Crippen LogP contribution in [-0.4, -0.2) is 13.0 Å². The lowest BCUT2D eigenvalue weighted by Gasteiger charge is -2.14. The lowest BCUT2D eigenvalue weighted by atomic mass is 10.2. The second-order valence-electron chi connectivity index (χ2n) is 2.74. The van der Waals surface area contributed by atoms with Gasteiger partial charge in [0.05, 0.1) is 11.6 Å². The standard InChI is InChI=1S/C10H10N2O/c1-8(13)12(2)10-5-3-9(7-11)4-6-10/h3-6H,1-2H3. The number of benzene rings is 1. The predicted molar refractivity (Wildman–Crippen MR) is 50.2 cm³/mol. The van der Waals surface area contributed by atoms with Crippen molar-refractivity contribution in [3.05, 3.63) is 29.8 Å². The van der Waals surface area contributed by atoms with Gasteiger partial charge in [-0.05, 0) is 24.3 Å². The summed E-state index contributed by atoms with van der Waals surface area (Å²) in [7, 11) is 1.70. The molecule has 1 amide bonds. The maximum absolute atomic E-state index is 11.0. The van der Waals surface area contributed by atoms with Gasteiger partial charge in [0, 0.05) is 19.7 Å². The second kappa shape index (κ2) is 3.72. The normalized spacial score (nSPS) is 9.00. The number of anilines is 1. The first-order valence-electron chi connectivity index (χ1n) is 3.89. The molecule has 0 N–H and O–H groups in total. The highest BCUT2D eigenvalue weighted by Gasteiger charge is 2.03. The van der Waals surface area contributed by atoms with Gasteiger partial charge in [-0.1, -0.05) is 0 Å². The average Bonchev–Trinajstić information content (AvgIpc) is 2.17. The maximum atomic E-state index is 11.0. The van der Waals surface area contributed by atoms with E-state index in [0.717, 1.165) is 5.69 Å². The zero-order chi connectivity index (χ0) is 9.84. The van der Waals surface area contributed by atoms with Crippen molar-refractivity contribution in [2.45, 2.75) is 6.92 Å². The Morgan fingerprint density at radius 2 is 1.92 bits per heavy atom. The Morgan fingerprint density at radius 3 is 2.31 bits per heavy atom. The first-order valence-corrected chi connectivity index (χ1v) is 3.89. The number of carbonyl (C=O) groups is 1. The molecule has 13 heavy (non-hydrogen) atoms. The van der Waals surface area contributed by atoms with E-state index in [1.807, 2.05) is 6.07 Å². The van der Waals surface area contributed by atoms with Crippen molar-refractivity contribution < 1.29 is 4.79 Å². The predicted octanol–water partition coefficient (Wildman–Crippen LogP) is 1.54. The highest BCUT2D eigenvalue weighted by atomic mass is 16.2. The molecule has 0 aliphatic carbocycles. The van der Waals surface area contributed by atoms with Crippen molar-refractivity contribution in [1.82, 2.24) is 0 Å². The number of hydrogen-bond acceptors (Lipinski definition) is 2. The van der Waals surface area contributed by atoms with Crippen LogP contribution in [0.5, 0.6) is 0 Å². The van der Waals surface area contributed by atoms with Gasteiger partial charge in [0.2, 0.25) is 5.91 Å². The molecule has 0 radical (unpaired) electrons. The van der Waals surface area contributed by atoms with E-state index in [0.29, 0.717) is 5.56 Å². The van der Waals surface area contributed by atoms with E-state index in [1.54, 1.807) is 31.3 Å². The highest BCUT2D eigenvalue weighted by molar-refractivity contribution is 5.90. The summed E-state index contributed by atoms with van der Waals surface area (Å²) >= 11 is 0. The van der Waals surface area contributed by atoms with Gasteiger partial charge < -0.3 is 4.90 Å². The highest BCUT2D eigenvalue weighted by Crippen LogP contribution is 2.12. The minimum Gasteiger partial charge on any atom is -0.316 e. The van der Waals surface area contributed by atoms with Crippen LogP contribution in [0.1, 0.15) is 12.5 Å². The van der Waals surface area contributed by atoms with Crippen molar-refractivity contribution >= 4 is 11.6 Å². The monoisotopic (exact) mass is 174 g/mol. The van der Waals surface area contributed by atoms with Gasteiger partial charge >= 0.3 is 0 Å². The molecule has 0 heterocycles. The van der Waals surface area contributed by atoms with Crippen LogP contribution in [0.4, 0.5) is 5.69 Å². The van der Waals surface area contributed by atoms with E-state index < -0.39 is 0 Å². The van der Waals surface area contributed by atoms with Crippen LogP contribution >= 0.6 is 0 Å². The van der Waals surface area contributed by atoms with E-state index in [-0.39, 0.29) is 5.91 Å². The number of hydrogen-bond donors (Lipinski definition) is 0. The van der Waals surface area contributed by atoms with E-state index in [1.165, 1.54) is 11.8 Å². The van der Waals surface area contributed by atoms with Crippen molar-refractivity contribution in [1.29, 1.82) is 5.26 Å². The largest absolute Gasteiger partial charge is 0.316 e.